The highest BCUT2D eigenvalue weighted by atomic mass is 79.9. The van der Waals surface area contributed by atoms with Gasteiger partial charge < -0.3 is 10.1 Å². The summed E-state index contributed by atoms with van der Waals surface area (Å²) in [5, 5.41) is 4.09. The van der Waals surface area contributed by atoms with Gasteiger partial charge in [0.05, 0.1) is 18.1 Å². The van der Waals surface area contributed by atoms with Crippen LogP contribution >= 0.6 is 27.5 Å². The van der Waals surface area contributed by atoms with Gasteiger partial charge in [0.15, 0.2) is 5.78 Å². The molecule has 0 amide bonds. The Morgan fingerprint density at radius 2 is 1.93 bits per heavy atom. The second-order valence-corrected chi connectivity index (χ2v) is 8.00. The first-order valence-corrected chi connectivity index (χ1v) is 10.3. The summed E-state index contributed by atoms with van der Waals surface area (Å²) in [5.41, 5.74) is 1.90. The Hall–Kier alpha value is -1.40. The van der Waals surface area contributed by atoms with Gasteiger partial charge in [0.1, 0.15) is 5.75 Å². The van der Waals surface area contributed by atoms with Gasteiger partial charge in [-0.25, -0.2) is 0 Å². The minimum atomic E-state index is 0.0645. The van der Waals surface area contributed by atoms with E-state index in [4.69, 9.17) is 16.3 Å². The number of hydrogen-bond donors (Lipinski definition) is 1. The number of nitrogens with one attached hydrogen (secondary N) is 1. The molecule has 27 heavy (non-hydrogen) atoms. The number of halogens is 2. The smallest absolute Gasteiger partial charge is 0.176 e. The number of carbonyl (C=O) groups excluding carboxylic acids is 1. The van der Waals surface area contributed by atoms with Crippen LogP contribution in [0.1, 0.15) is 34.8 Å². The van der Waals surface area contributed by atoms with Crippen LogP contribution in [0.4, 0.5) is 0 Å². The molecule has 0 bridgehead atoms. The maximum atomic E-state index is 12.5. The molecule has 144 valence electrons. The molecular formula is C21H24BrClN2O2. The molecule has 1 saturated heterocycles. The number of ether oxygens (including phenoxy) is 1. The summed E-state index contributed by atoms with van der Waals surface area (Å²) in [4.78, 5) is 15.0. The maximum Gasteiger partial charge on any atom is 0.176 e. The molecule has 1 N–H and O–H groups in total. The molecule has 1 fully saturated rings. The lowest BCUT2D eigenvalue weighted by atomic mass is 10.1. The predicted octanol–water partition coefficient (Wildman–Crippen LogP) is 4.72. The van der Waals surface area contributed by atoms with Gasteiger partial charge in [-0.05, 0) is 77.8 Å². The third kappa shape index (κ3) is 5.32. The van der Waals surface area contributed by atoms with Crippen LogP contribution < -0.4 is 10.1 Å². The third-order valence-electron chi connectivity index (χ3n) is 4.93. The average Bonchev–Trinajstić information content (AvgIpc) is 3.20. The van der Waals surface area contributed by atoms with Crippen LogP contribution in [0.25, 0.3) is 0 Å². The van der Waals surface area contributed by atoms with Gasteiger partial charge in [-0.15, -0.1) is 0 Å². The summed E-state index contributed by atoms with van der Waals surface area (Å²) in [5.74, 6) is 0.783. The topological polar surface area (TPSA) is 41.6 Å². The molecule has 0 spiro atoms. The lowest BCUT2D eigenvalue weighted by Gasteiger charge is -2.28. The summed E-state index contributed by atoms with van der Waals surface area (Å²) in [6.45, 7) is 3.21. The van der Waals surface area contributed by atoms with Gasteiger partial charge in [0.25, 0.3) is 0 Å². The molecule has 3 rings (SSSR count). The van der Waals surface area contributed by atoms with E-state index in [0.29, 0.717) is 12.1 Å². The molecule has 0 radical (unpaired) electrons. The number of ketones is 1. The van der Waals surface area contributed by atoms with Crippen LogP contribution in [0.15, 0.2) is 46.9 Å². The molecule has 2 aromatic carbocycles. The fourth-order valence-electron chi connectivity index (χ4n) is 3.46. The van der Waals surface area contributed by atoms with Crippen molar-refractivity contribution in [2.75, 3.05) is 33.3 Å². The Morgan fingerprint density at radius 1 is 1.22 bits per heavy atom. The van der Waals surface area contributed by atoms with Crippen molar-refractivity contribution in [3.8, 4) is 5.75 Å². The van der Waals surface area contributed by atoms with Gasteiger partial charge >= 0.3 is 0 Å². The first-order valence-electron chi connectivity index (χ1n) is 9.15. The normalized spacial score (nSPS) is 15.7. The van der Waals surface area contributed by atoms with Gasteiger partial charge in [-0.1, -0.05) is 23.7 Å². The van der Waals surface area contributed by atoms with E-state index in [1.54, 1.807) is 25.3 Å². The molecule has 1 aliphatic heterocycles. The first kappa shape index (κ1) is 20.3. The third-order valence-corrected chi connectivity index (χ3v) is 5.80. The van der Waals surface area contributed by atoms with Crippen molar-refractivity contribution in [3.05, 3.63) is 63.1 Å². The molecule has 0 saturated carbocycles. The van der Waals surface area contributed by atoms with Crippen molar-refractivity contribution in [3.63, 3.8) is 0 Å². The summed E-state index contributed by atoms with van der Waals surface area (Å²) < 4.78 is 6.00. The van der Waals surface area contributed by atoms with Crippen LogP contribution in [0.2, 0.25) is 5.02 Å². The molecule has 1 aliphatic rings. The number of hydrogen-bond acceptors (Lipinski definition) is 4. The van der Waals surface area contributed by atoms with E-state index in [1.807, 2.05) is 12.1 Å². The van der Waals surface area contributed by atoms with E-state index < -0.39 is 0 Å². The zero-order valence-electron chi connectivity index (χ0n) is 15.4. The molecule has 0 aliphatic carbocycles. The SMILES string of the molecule is COc1ccc(C(=O)CNCC(c2ccc(Cl)cc2)N2CCCC2)cc1Br. The number of methoxy groups -OCH3 is 1. The van der Waals surface area contributed by atoms with Crippen molar-refractivity contribution in [1.82, 2.24) is 10.2 Å². The fraction of sp³-hybridized carbons (Fsp3) is 0.381. The van der Waals surface area contributed by atoms with Crippen molar-refractivity contribution < 1.29 is 9.53 Å². The monoisotopic (exact) mass is 450 g/mol. The van der Waals surface area contributed by atoms with Crippen LogP contribution in [-0.2, 0) is 0 Å². The van der Waals surface area contributed by atoms with E-state index in [-0.39, 0.29) is 11.8 Å². The minimum absolute atomic E-state index is 0.0645. The Kier molecular flexibility index (Phi) is 7.30. The van der Waals surface area contributed by atoms with E-state index in [9.17, 15) is 4.79 Å². The summed E-state index contributed by atoms with van der Waals surface area (Å²) in [6, 6.07) is 13.7. The van der Waals surface area contributed by atoms with E-state index in [2.05, 4.69) is 38.3 Å². The van der Waals surface area contributed by atoms with Crippen molar-refractivity contribution in [2.24, 2.45) is 0 Å². The molecule has 1 heterocycles. The Balaban J connectivity index is 1.62. The standard InChI is InChI=1S/C21H24BrClN2O2/c1-27-21-9-6-16(12-18(21)22)20(26)14-24-13-19(25-10-2-3-11-25)15-4-7-17(23)8-5-15/h4-9,12,19,24H,2-3,10-11,13-14H2,1H3. The zero-order valence-corrected chi connectivity index (χ0v) is 17.7. The van der Waals surface area contributed by atoms with Crippen LogP contribution in [0, 0.1) is 0 Å². The second kappa shape index (κ2) is 9.69. The molecule has 2 aromatic rings. The van der Waals surface area contributed by atoms with Crippen molar-refractivity contribution in [2.45, 2.75) is 18.9 Å². The molecule has 1 unspecified atom stereocenters. The van der Waals surface area contributed by atoms with Gasteiger partial charge in [0, 0.05) is 23.2 Å². The lowest BCUT2D eigenvalue weighted by molar-refractivity contribution is 0.0987. The number of rotatable bonds is 8. The van der Waals surface area contributed by atoms with Crippen molar-refractivity contribution in [1.29, 1.82) is 0 Å². The molecule has 4 nitrogen and oxygen atoms in total. The average molecular weight is 452 g/mol. The van der Waals surface area contributed by atoms with Gasteiger partial charge in [-0.3, -0.25) is 9.69 Å². The van der Waals surface area contributed by atoms with Crippen LogP contribution in [-0.4, -0.2) is 44.0 Å². The van der Waals surface area contributed by atoms with Crippen molar-refractivity contribution >= 4 is 33.3 Å². The molecule has 0 aromatic heterocycles. The van der Waals surface area contributed by atoms with Crippen LogP contribution in [0.3, 0.4) is 0 Å². The first-order chi connectivity index (χ1) is 13.1. The van der Waals surface area contributed by atoms with E-state index >= 15 is 0 Å². The Bertz CT molecular complexity index is 776. The quantitative estimate of drug-likeness (QED) is 0.590. The maximum absolute atomic E-state index is 12.5. The number of likely N-dealkylation sites (tertiary alicyclic amines) is 1. The second-order valence-electron chi connectivity index (χ2n) is 6.71. The largest absolute Gasteiger partial charge is 0.496 e. The Morgan fingerprint density at radius 3 is 2.56 bits per heavy atom. The number of carbonyl (C=O) groups is 1. The summed E-state index contributed by atoms with van der Waals surface area (Å²) >= 11 is 9.47. The van der Waals surface area contributed by atoms with Crippen LogP contribution in [0.5, 0.6) is 5.75 Å². The molecule has 6 heteroatoms. The highest BCUT2D eigenvalue weighted by Crippen LogP contribution is 2.27. The summed E-state index contributed by atoms with van der Waals surface area (Å²) in [7, 11) is 1.61. The highest BCUT2D eigenvalue weighted by molar-refractivity contribution is 9.10. The van der Waals surface area contributed by atoms with Gasteiger partial charge in [0.2, 0.25) is 0 Å². The highest BCUT2D eigenvalue weighted by Gasteiger charge is 2.23. The summed E-state index contributed by atoms with van der Waals surface area (Å²) in [6.07, 6.45) is 2.45. The number of nitrogens with zero attached hydrogens (tertiary/aromatic N) is 1. The number of benzene rings is 2. The van der Waals surface area contributed by atoms with E-state index in [1.165, 1.54) is 18.4 Å². The number of Topliss-reactive ketones (excluding diaryl/α,β-unsaturated/α-hetero) is 1. The minimum Gasteiger partial charge on any atom is -0.496 e. The van der Waals surface area contributed by atoms with E-state index in [0.717, 1.165) is 34.9 Å². The molecule has 1 atom stereocenters. The predicted molar refractivity (Wildman–Crippen MR) is 113 cm³/mol. The Labute approximate surface area is 174 Å². The fourth-order valence-corrected chi connectivity index (χ4v) is 4.13. The lowest BCUT2D eigenvalue weighted by Crippen LogP contribution is -2.36. The molecular weight excluding hydrogens is 428 g/mol. The zero-order chi connectivity index (χ0) is 19.2. The van der Waals surface area contributed by atoms with Gasteiger partial charge in [-0.2, -0.15) is 0 Å².